The van der Waals surface area contributed by atoms with E-state index >= 15 is 0 Å². The van der Waals surface area contributed by atoms with Crippen LogP contribution in [0.2, 0.25) is 0 Å². The zero-order valence-electron chi connectivity index (χ0n) is 12.3. The Balaban J connectivity index is 2.05. The highest BCUT2D eigenvalue weighted by Gasteiger charge is 2.26. The molecule has 1 atom stereocenters. The summed E-state index contributed by atoms with van der Waals surface area (Å²) in [5, 5.41) is 5.33. The van der Waals surface area contributed by atoms with E-state index in [9.17, 15) is 9.59 Å². The molecule has 1 aliphatic heterocycles. The molecule has 7 nitrogen and oxygen atoms in total. The van der Waals surface area contributed by atoms with Gasteiger partial charge in [0.25, 0.3) is 5.56 Å². The van der Waals surface area contributed by atoms with Gasteiger partial charge in [-0.05, 0) is 24.6 Å². The Kier molecular flexibility index (Phi) is 3.62. The van der Waals surface area contributed by atoms with Crippen molar-refractivity contribution in [3.63, 3.8) is 0 Å². The van der Waals surface area contributed by atoms with Crippen LogP contribution in [0.25, 0.3) is 0 Å². The number of hydrogen-bond acceptors (Lipinski definition) is 5. The van der Waals surface area contributed by atoms with Crippen molar-refractivity contribution in [3.05, 3.63) is 45.4 Å². The molecule has 7 heteroatoms. The van der Waals surface area contributed by atoms with Crippen LogP contribution in [-0.2, 0) is 9.53 Å². The summed E-state index contributed by atoms with van der Waals surface area (Å²) in [6.45, 7) is 1.95. The molecule has 2 aromatic rings. The van der Waals surface area contributed by atoms with Gasteiger partial charge in [-0.15, -0.1) is 0 Å². The summed E-state index contributed by atoms with van der Waals surface area (Å²) in [4.78, 5) is 23.8. The molecule has 0 amide bonds. The third kappa shape index (κ3) is 2.45. The van der Waals surface area contributed by atoms with Gasteiger partial charge in [0.1, 0.15) is 0 Å². The summed E-state index contributed by atoms with van der Waals surface area (Å²) in [5.74, 6) is 0.455. The van der Waals surface area contributed by atoms with Gasteiger partial charge < -0.3 is 19.3 Å². The molecule has 0 saturated heterocycles. The minimum atomic E-state index is -0.419. The summed E-state index contributed by atoms with van der Waals surface area (Å²) < 4.78 is 15.4. The SMILES string of the molecule is COC(=O)C[C@H](c1ccc2c(c1)OCO2)c1c(C)[nH][nH]c1=O. The molecule has 0 aliphatic carbocycles. The van der Waals surface area contributed by atoms with Crippen molar-refractivity contribution in [3.8, 4) is 11.5 Å². The molecule has 0 bridgehead atoms. The van der Waals surface area contributed by atoms with Gasteiger partial charge in [0.15, 0.2) is 11.5 Å². The van der Waals surface area contributed by atoms with Crippen LogP contribution in [0.1, 0.15) is 29.2 Å². The van der Waals surface area contributed by atoms with Crippen molar-refractivity contribution < 1.29 is 19.0 Å². The number of H-pyrrole nitrogens is 2. The Morgan fingerprint density at radius 3 is 2.77 bits per heavy atom. The van der Waals surface area contributed by atoms with E-state index in [0.717, 1.165) is 5.56 Å². The molecule has 1 aliphatic rings. The summed E-state index contributed by atoms with van der Waals surface area (Å²) in [6.07, 6.45) is 0.0674. The fourth-order valence-electron chi connectivity index (χ4n) is 2.64. The number of benzene rings is 1. The van der Waals surface area contributed by atoms with Crippen molar-refractivity contribution in [1.82, 2.24) is 10.2 Å². The lowest BCUT2D eigenvalue weighted by Crippen LogP contribution is -2.17. The summed E-state index contributed by atoms with van der Waals surface area (Å²) in [7, 11) is 1.33. The molecule has 0 radical (unpaired) electrons. The Morgan fingerprint density at radius 1 is 1.32 bits per heavy atom. The topological polar surface area (TPSA) is 93.4 Å². The zero-order valence-corrected chi connectivity index (χ0v) is 12.3. The Labute approximate surface area is 126 Å². The first-order valence-corrected chi connectivity index (χ1v) is 6.83. The number of methoxy groups -OCH3 is 1. The van der Waals surface area contributed by atoms with Gasteiger partial charge in [-0.1, -0.05) is 6.07 Å². The van der Waals surface area contributed by atoms with E-state index in [1.807, 2.05) is 6.07 Å². The predicted molar refractivity (Wildman–Crippen MR) is 77.2 cm³/mol. The molecule has 0 fully saturated rings. The number of carbonyl (C=O) groups is 1. The van der Waals surface area contributed by atoms with Gasteiger partial charge in [0, 0.05) is 17.2 Å². The molecule has 3 rings (SSSR count). The van der Waals surface area contributed by atoms with E-state index in [1.165, 1.54) is 7.11 Å². The van der Waals surface area contributed by atoms with Gasteiger partial charge in [-0.2, -0.15) is 0 Å². The second-order valence-electron chi connectivity index (χ2n) is 5.06. The van der Waals surface area contributed by atoms with Gasteiger partial charge in [-0.3, -0.25) is 14.7 Å². The van der Waals surface area contributed by atoms with E-state index in [-0.39, 0.29) is 24.7 Å². The number of aryl methyl sites for hydroxylation is 1. The van der Waals surface area contributed by atoms with E-state index in [4.69, 9.17) is 14.2 Å². The van der Waals surface area contributed by atoms with E-state index in [2.05, 4.69) is 10.2 Å². The quantitative estimate of drug-likeness (QED) is 0.834. The average Bonchev–Trinajstić information content (AvgIpc) is 3.11. The molecule has 0 saturated carbocycles. The molecule has 0 spiro atoms. The van der Waals surface area contributed by atoms with E-state index in [1.54, 1.807) is 19.1 Å². The van der Waals surface area contributed by atoms with Crippen molar-refractivity contribution >= 4 is 5.97 Å². The molecule has 116 valence electrons. The monoisotopic (exact) mass is 304 g/mol. The van der Waals surface area contributed by atoms with Crippen molar-refractivity contribution in [2.45, 2.75) is 19.3 Å². The third-order valence-corrected chi connectivity index (χ3v) is 3.76. The number of esters is 1. The molecular formula is C15H16N2O5. The van der Waals surface area contributed by atoms with Crippen LogP contribution in [0.3, 0.4) is 0 Å². The van der Waals surface area contributed by atoms with Gasteiger partial charge in [0.2, 0.25) is 6.79 Å². The summed E-state index contributed by atoms with van der Waals surface area (Å²) >= 11 is 0. The first-order chi connectivity index (χ1) is 10.6. The predicted octanol–water partition coefficient (Wildman–Crippen LogP) is 1.44. The normalized spacial score (nSPS) is 13.9. The lowest BCUT2D eigenvalue weighted by Gasteiger charge is -2.15. The highest BCUT2D eigenvalue weighted by molar-refractivity contribution is 5.71. The fraction of sp³-hybridized carbons (Fsp3) is 0.333. The van der Waals surface area contributed by atoms with Crippen molar-refractivity contribution in [2.75, 3.05) is 13.9 Å². The van der Waals surface area contributed by atoms with Gasteiger partial charge in [0.05, 0.1) is 13.5 Å². The third-order valence-electron chi connectivity index (χ3n) is 3.76. The van der Waals surface area contributed by atoms with Crippen LogP contribution in [0.5, 0.6) is 11.5 Å². The lowest BCUT2D eigenvalue weighted by molar-refractivity contribution is -0.140. The second kappa shape index (κ2) is 5.59. The Morgan fingerprint density at radius 2 is 2.09 bits per heavy atom. The number of aromatic nitrogens is 2. The highest BCUT2D eigenvalue weighted by atomic mass is 16.7. The smallest absolute Gasteiger partial charge is 0.306 e. The van der Waals surface area contributed by atoms with Gasteiger partial charge in [-0.25, -0.2) is 0 Å². The number of ether oxygens (including phenoxy) is 3. The first-order valence-electron chi connectivity index (χ1n) is 6.83. The lowest BCUT2D eigenvalue weighted by atomic mass is 9.88. The number of hydrogen-bond donors (Lipinski definition) is 2. The van der Waals surface area contributed by atoms with E-state index < -0.39 is 5.92 Å². The first kappa shape index (κ1) is 14.2. The molecule has 1 aromatic heterocycles. The number of nitrogens with one attached hydrogen (secondary N) is 2. The Bertz CT molecular complexity index is 762. The number of aromatic amines is 2. The molecule has 22 heavy (non-hydrogen) atoms. The maximum atomic E-state index is 12.1. The van der Waals surface area contributed by atoms with Crippen LogP contribution in [0.15, 0.2) is 23.0 Å². The molecule has 2 heterocycles. The minimum Gasteiger partial charge on any atom is -0.469 e. The van der Waals surface area contributed by atoms with E-state index in [0.29, 0.717) is 22.8 Å². The highest BCUT2D eigenvalue weighted by Crippen LogP contribution is 2.37. The molecule has 2 N–H and O–H groups in total. The minimum absolute atomic E-state index is 0.0674. The van der Waals surface area contributed by atoms with Crippen LogP contribution < -0.4 is 15.0 Å². The zero-order chi connectivity index (χ0) is 15.7. The van der Waals surface area contributed by atoms with Crippen molar-refractivity contribution in [2.24, 2.45) is 0 Å². The standard InChI is InChI=1S/C15H16N2O5/c1-8-14(15(19)17-16-8)10(6-13(18)20-2)9-3-4-11-12(5-9)22-7-21-11/h3-5,10H,6-7H2,1-2H3,(H2,16,17,19)/t10-/m1/s1. The fourth-order valence-corrected chi connectivity index (χ4v) is 2.64. The largest absolute Gasteiger partial charge is 0.469 e. The van der Waals surface area contributed by atoms with Crippen LogP contribution in [-0.4, -0.2) is 30.1 Å². The number of fused-ring (bicyclic) bond motifs is 1. The summed E-state index contributed by atoms with van der Waals surface area (Å²) in [5.41, 5.74) is 1.76. The van der Waals surface area contributed by atoms with Crippen LogP contribution >= 0.6 is 0 Å². The molecule has 0 unspecified atom stereocenters. The molecular weight excluding hydrogens is 288 g/mol. The van der Waals surface area contributed by atoms with Crippen molar-refractivity contribution in [1.29, 1.82) is 0 Å². The number of carbonyl (C=O) groups excluding carboxylic acids is 1. The number of rotatable bonds is 4. The average molecular weight is 304 g/mol. The Hall–Kier alpha value is -2.70. The maximum absolute atomic E-state index is 12.1. The maximum Gasteiger partial charge on any atom is 0.306 e. The van der Waals surface area contributed by atoms with Gasteiger partial charge >= 0.3 is 5.97 Å². The molecule has 1 aromatic carbocycles. The van der Waals surface area contributed by atoms with Crippen LogP contribution in [0, 0.1) is 6.92 Å². The second-order valence-corrected chi connectivity index (χ2v) is 5.06. The van der Waals surface area contributed by atoms with Crippen LogP contribution in [0.4, 0.5) is 0 Å². The summed E-state index contributed by atoms with van der Waals surface area (Å²) in [6, 6.07) is 5.40.